The summed E-state index contributed by atoms with van der Waals surface area (Å²) in [6.45, 7) is 5.72. The zero-order valence-electron chi connectivity index (χ0n) is 7.55. The highest BCUT2D eigenvalue weighted by atomic mass is 35.5. The lowest BCUT2D eigenvalue weighted by atomic mass is 9.83. The van der Waals surface area contributed by atoms with Gasteiger partial charge in [-0.25, -0.2) is 0 Å². The maximum absolute atomic E-state index is 5.48. The molecule has 1 heterocycles. The second-order valence-corrected chi connectivity index (χ2v) is 4.05. The van der Waals surface area contributed by atoms with Crippen molar-refractivity contribution in [1.29, 1.82) is 0 Å². The molecular formula is C8H14BClO2. The Balaban J connectivity index is 2.31. The summed E-state index contributed by atoms with van der Waals surface area (Å²) in [5.41, 5.74) is 0.144. The molecule has 0 aromatic carbocycles. The van der Waals surface area contributed by atoms with Crippen molar-refractivity contribution in [3.8, 4) is 0 Å². The van der Waals surface area contributed by atoms with Gasteiger partial charge in [-0.2, -0.15) is 0 Å². The topological polar surface area (TPSA) is 18.5 Å². The van der Waals surface area contributed by atoms with Crippen LogP contribution in [0.5, 0.6) is 0 Å². The van der Waals surface area contributed by atoms with Crippen LogP contribution in [0.3, 0.4) is 0 Å². The van der Waals surface area contributed by atoms with Gasteiger partial charge < -0.3 is 9.31 Å². The van der Waals surface area contributed by atoms with Crippen LogP contribution in [-0.2, 0) is 9.31 Å². The van der Waals surface area contributed by atoms with Gasteiger partial charge in [-0.3, -0.25) is 0 Å². The molecule has 1 aliphatic heterocycles. The third kappa shape index (κ3) is 3.17. The molecule has 0 atom stereocenters. The van der Waals surface area contributed by atoms with Gasteiger partial charge in [0.1, 0.15) is 0 Å². The van der Waals surface area contributed by atoms with Gasteiger partial charge in [0.2, 0.25) is 0 Å². The van der Waals surface area contributed by atoms with E-state index in [-0.39, 0.29) is 12.5 Å². The molecule has 0 aliphatic carbocycles. The summed E-state index contributed by atoms with van der Waals surface area (Å²) in [5, 5.41) is 0. The van der Waals surface area contributed by atoms with Crippen LogP contribution in [0, 0.1) is 5.41 Å². The van der Waals surface area contributed by atoms with Crippen LogP contribution in [0.25, 0.3) is 0 Å². The summed E-state index contributed by atoms with van der Waals surface area (Å²) < 4.78 is 10.9. The summed E-state index contributed by atoms with van der Waals surface area (Å²) in [6.07, 6.45) is 1.84. The second-order valence-electron chi connectivity index (χ2n) is 3.74. The first-order chi connectivity index (χ1) is 5.64. The van der Waals surface area contributed by atoms with Gasteiger partial charge in [0.25, 0.3) is 0 Å². The molecular weight excluding hydrogens is 174 g/mol. The molecule has 1 aliphatic rings. The largest absolute Gasteiger partial charge is 0.485 e. The van der Waals surface area contributed by atoms with Crippen LogP contribution >= 0.6 is 11.6 Å². The average molecular weight is 188 g/mol. The van der Waals surface area contributed by atoms with E-state index in [1.165, 1.54) is 0 Å². The Kier molecular flexibility index (Phi) is 3.62. The molecule has 2 nitrogen and oxygen atoms in total. The predicted octanol–water partition coefficient (Wildman–Crippen LogP) is 1.88. The van der Waals surface area contributed by atoms with E-state index < -0.39 is 0 Å². The van der Waals surface area contributed by atoms with Crippen molar-refractivity contribution in [2.75, 3.05) is 19.1 Å². The van der Waals surface area contributed by atoms with E-state index in [1.807, 2.05) is 12.1 Å². The van der Waals surface area contributed by atoms with E-state index in [0.29, 0.717) is 5.88 Å². The van der Waals surface area contributed by atoms with E-state index in [2.05, 4.69) is 13.8 Å². The lowest BCUT2D eigenvalue weighted by Gasteiger charge is -2.31. The molecule has 1 fully saturated rings. The lowest BCUT2D eigenvalue weighted by Crippen LogP contribution is -2.39. The molecule has 0 saturated carbocycles. The number of rotatable bonds is 2. The molecule has 0 bridgehead atoms. The summed E-state index contributed by atoms with van der Waals surface area (Å²) in [5.74, 6) is 2.36. The van der Waals surface area contributed by atoms with E-state index in [0.717, 1.165) is 13.2 Å². The van der Waals surface area contributed by atoms with Crippen LogP contribution in [0.2, 0.25) is 0 Å². The zero-order chi connectivity index (χ0) is 9.03. The minimum absolute atomic E-state index is 0.144. The first-order valence-electron chi connectivity index (χ1n) is 4.10. The van der Waals surface area contributed by atoms with Crippen LogP contribution in [0.1, 0.15) is 13.8 Å². The van der Waals surface area contributed by atoms with Gasteiger partial charge in [-0.15, -0.1) is 11.6 Å². The first kappa shape index (κ1) is 10.1. The van der Waals surface area contributed by atoms with Crippen molar-refractivity contribution in [3.05, 3.63) is 12.1 Å². The van der Waals surface area contributed by atoms with Crippen LogP contribution in [0.4, 0.5) is 0 Å². The first-order valence-corrected chi connectivity index (χ1v) is 4.63. The van der Waals surface area contributed by atoms with Crippen molar-refractivity contribution in [2.45, 2.75) is 13.8 Å². The van der Waals surface area contributed by atoms with Crippen molar-refractivity contribution < 1.29 is 9.31 Å². The smallest absolute Gasteiger partial charge is 0.407 e. The van der Waals surface area contributed by atoms with E-state index in [9.17, 15) is 0 Å². The molecule has 0 radical (unpaired) electrons. The molecule has 0 unspecified atom stereocenters. The predicted molar refractivity (Wildman–Crippen MR) is 51.3 cm³/mol. The van der Waals surface area contributed by atoms with E-state index in [1.54, 1.807) is 0 Å². The molecule has 0 aromatic rings. The van der Waals surface area contributed by atoms with Gasteiger partial charge in [-0.1, -0.05) is 25.9 Å². The fourth-order valence-electron chi connectivity index (χ4n) is 0.979. The molecule has 0 spiro atoms. The van der Waals surface area contributed by atoms with Gasteiger partial charge >= 0.3 is 7.12 Å². The maximum atomic E-state index is 5.48. The Morgan fingerprint density at radius 3 is 2.50 bits per heavy atom. The lowest BCUT2D eigenvalue weighted by molar-refractivity contribution is 0.0336. The summed E-state index contributed by atoms with van der Waals surface area (Å²) in [7, 11) is -0.197. The second kappa shape index (κ2) is 4.31. The Morgan fingerprint density at radius 1 is 1.42 bits per heavy atom. The highest BCUT2D eigenvalue weighted by Gasteiger charge is 2.29. The Hall–Kier alpha value is 0.0149. The molecule has 0 amide bonds. The number of allylic oxidation sites excluding steroid dienone is 1. The van der Waals surface area contributed by atoms with E-state index >= 15 is 0 Å². The van der Waals surface area contributed by atoms with Crippen molar-refractivity contribution in [2.24, 2.45) is 5.41 Å². The van der Waals surface area contributed by atoms with Crippen molar-refractivity contribution in [1.82, 2.24) is 0 Å². The molecule has 0 N–H and O–H groups in total. The van der Waals surface area contributed by atoms with Crippen LogP contribution in [0.15, 0.2) is 12.1 Å². The minimum atomic E-state index is -0.197. The van der Waals surface area contributed by atoms with E-state index in [4.69, 9.17) is 20.9 Å². The maximum Gasteiger partial charge on any atom is 0.485 e. The fourth-order valence-corrected chi connectivity index (χ4v) is 1.08. The molecule has 0 aromatic heterocycles. The summed E-state index contributed by atoms with van der Waals surface area (Å²) in [4.78, 5) is 0. The van der Waals surface area contributed by atoms with Crippen molar-refractivity contribution in [3.63, 3.8) is 0 Å². The van der Waals surface area contributed by atoms with Gasteiger partial charge in [0.15, 0.2) is 0 Å². The Morgan fingerprint density at radius 2 is 2.00 bits per heavy atom. The number of hydrogen-bond donors (Lipinski definition) is 0. The number of alkyl halides is 1. The standard InChI is InChI=1S/C8H14BClO2/c1-8(2)6-11-9(12-7-8)4-3-5-10/h3-4H,5-7H2,1-2H3/b4-3+. The Bertz CT molecular complexity index is 160. The summed E-state index contributed by atoms with van der Waals surface area (Å²) in [6, 6.07) is 0. The molecule has 4 heteroatoms. The highest BCUT2D eigenvalue weighted by Crippen LogP contribution is 2.21. The number of hydrogen-bond acceptors (Lipinski definition) is 2. The molecule has 68 valence electrons. The van der Waals surface area contributed by atoms with Gasteiger partial charge in [-0.05, 0) is 0 Å². The third-order valence-corrected chi connectivity index (χ3v) is 1.84. The van der Waals surface area contributed by atoms with Crippen LogP contribution < -0.4 is 0 Å². The monoisotopic (exact) mass is 188 g/mol. The normalized spacial score (nSPS) is 23.4. The minimum Gasteiger partial charge on any atom is -0.407 e. The molecule has 1 rings (SSSR count). The summed E-state index contributed by atoms with van der Waals surface area (Å²) >= 11 is 5.48. The SMILES string of the molecule is CC1(C)COB(/C=C/CCl)OC1. The Labute approximate surface area is 79.0 Å². The third-order valence-electron chi connectivity index (χ3n) is 1.66. The quantitative estimate of drug-likeness (QED) is 0.487. The van der Waals surface area contributed by atoms with Crippen molar-refractivity contribution >= 4 is 18.7 Å². The number of halogens is 1. The molecule has 12 heavy (non-hydrogen) atoms. The highest BCUT2D eigenvalue weighted by molar-refractivity contribution is 6.51. The zero-order valence-corrected chi connectivity index (χ0v) is 8.30. The van der Waals surface area contributed by atoms with Gasteiger partial charge in [0, 0.05) is 24.5 Å². The average Bonchev–Trinajstić information content (AvgIpc) is 2.03. The van der Waals surface area contributed by atoms with Gasteiger partial charge in [0.05, 0.1) is 0 Å². The fraction of sp³-hybridized carbons (Fsp3) is 0.750. The van der Waals surface area contributed by atoms with Crippen LogP contribution in [-0.4, -0.2) is 26.2 Å². The molecule has 1 saturated heterocycles.